The van der Waals surface area contributed by atoms with Crippen molar-refractivity contribution < 1.29 is 14.8 Å². The number of nitrogens with zero attached hydrogens (tertiary/aromatic N) is 1. The molecule has 0 saturated heterocycles. The smallest absolute Gasteiger partial charge is 0.324 e. The molecule has 1 rings (SSSR count). The molecule has 7 heteroatoms. The maximum Gasteiger partial charge on any atom is 0.324 e. The van der Waals surface area contributed by atoms with Gasteiger partial charge in [0.1, 0.15) is 0 Å². The first-order valence-corrected chi connectivity index (χ1v) is 5.73. The molecule has 1 heterocycles. The van der Waals surface area contributed by atoms with Crippen molar-refractivity contribution >= 4 is 16.3 Å². The summed E-state index contributed by atoms with van der Waals surface area (Å²) in [5.41, 5.74) is 0.902. The van der Waals surface area contributed by atoms with Gasteiger partial charge in [-0.2, -0.15) is 0 Å². The summed E-state index contributed by atoms with van der Waals surface area (Å²) in [4.78, 5) is 10.0. The van der Waals surface area contributed by atoms with Crippen LogP contribution >= 0.6 is 11.3 Å². The molecular formula is C9H14N2O4S. The van der Waals surface area contributed by atoms with E-state index in [1.54, 1.807) is 11.4 Å². The predicted octanol–water partition coefficient (Wildman–Crippen LogP) is 0.755. The van der Waals surface area contributed by atoms with Crippen molar-refractivity contribution in [2.24, 2.45) is 0 Å². The van der Waals surface area contributed by atoms with E-state index in [1.807, 2.05) is 0 Å². The minimum atomic E-state index is -0.390. The number of thiophene rings is 1. The van der Waals surface area contributed by atoms with Crippen LogP contribution in [0.3, 0.4) is 0 Å². The molecule has 0 aliphatic carbocycles. The van der Waals surface area contributed by atoms with Gasteiger partial charge >= 0.3 is 5.00 Å². The summed E-state index contributed by atoms with van der Waals surface area (Å²) in [7, 11) is 0. The van der Waals surface area contributed by atoms with Crippen molar-refractivity contribution in [3.8, 4) is 0 Å². The number of hydrogen-bond donors (Lipinski definition) is 2. The molecule has 16 heavy (non-hydrogen) atoms. The zero-order valence-corrected chi connectivity index (χ0v) is 9.53. The van der Waals surface area contributed by atoms with Crippen LogP contribution in [0, 0.1) is 10.1 Å². The summed E-state index contributed by atoms with van der Waals surface area (Å²) in [6.45, 7) is 2.13. The summed E-state index contributed by atoms with van der Waals surface area (Å²) in [6, 6.07) is 1.56. The fourth-order valence-corrected chi connectivity index (χ4v) is 1.82. The third-order valence-electron chi connectivity index (χ3n) is 1.81. The molecule has 90 valence electrons. The molecule has 0 unspecified atom stereocenters. The van der Waals surface area contributed by atoms with Crippen LogP contribution in [-0.2, 0) is 11.3 Å². The highest BCUT2D eigenvalue weighted by Crippen LogP contribution is 2.22. The van der Waals surface area contributed by atoms with Crippen LogP contribution in [0.2, 0.25) is 0 Å². The lowest BCUT2D eigenvalue weighted by molar-refractivity contribution is -0.380. The number of hydrogen-bond acceptors (Lipinski definition) is 6. The van der Waals surface area contributed by atoms with Gasteiger partial charge in [-0.15, -0.1) is 0 Å². The van der Waals surface area contributed by atoms with Crippen LogP contribution in [0.1, 0.15) is 5.56 Å². The van der Waals surface area contributed by atoms with Crippen LogP contribution in [0.15, 0.2) is 11.4 Å². The van der Waals surface area contributed by atoms with Crippen LogP contribution < -0.4 is 5.32 Å². The molecule has 0 aromatic carbocycles. The molecule has 0 spiro atoms. The van der Waals surface area contributed by atoms with E-state index >= 15 is 0 Å². The maximum atomic E-state index is 10.4. The van der Waals surface area contributed by atoms with Crippen molar-refractivity contribution in [3.05, 3.63) is 27.1 Å². The van der Waals surface area contributed by atoms with E-state index in [9.17, 15) is 10.1 Å². The Morgan fingerprint density at radius 2 is 2.38 bits per heavy atom. The normalized spacial score (nSPS) is 10.6. The Bertz CT molecular complexity index is 329. The van der Waals surface area contributed by atoms with Crippen molar-refractivity contribution in [2.45, 2.75) is 6.54 Å². The number of ether oxygens (including phenoxy) is 1. The van der Waals surface area contributed by atoms with Gasteiger partial charge in [0.25, 0.3) is 0 Å². The molecule has 2 N–H and O–H groups in total. The standard InChI is InChI=1S/C9H14N2O4S/c12-2-4-15-3-1-10-6-8-5-9(11(13)14)16-7-8/h5,7,10,12H,1-4,6H2. The van der Waals surface area contributed by atoms with Gasteiger partial charge < -0.3 is 15.2 Å². The average molecular weight is 246 g/mol. The minimum absolute atomic E-state index is 0.0245. The monoisotopic (exact) mass is 246 g/mol. The lowest BCUT2D eigenvalue weighted by atomic mass is 10.3. The van der Waals surface area contributed by atoms with E-state index < -0.39 is 4.92 Å². The molecule has 0 bridgehead atoms. The summed E-state index contributed by atoms with van der Waals surface area (Å²) in [5.74, 6) is 0. The van der Waals surface area contributed by atoms with Crippen molar-refractivity contribution in [2.75, 3.05) is 26.4 Å². The zero-order valence-electron chi connectivity index (χ0n) is 8.72. The van der Waals surface area contributed by atoms with Gasteiger partial charge in [-0.25, -0.2) is 0 Å². The molecule has 6 nitrogen and oxygen atoms in total. The Balaban J connectivity index is 2.14. The minimum Gasteiger partial charge on any atom is -0.394 e. The van der Waals surface area contributed by atoms with Gasteiger partial charge in [0, 0.05) is 24.5 Å². The summed E-state index contributed by atoms with van der Waals surface area (Å²) >= 11 is 1.13. The van der Waals surface area contributed by atoms with Crippen molar-refractivity contribution in [1.29, 1.82) is 0 Å². The number of nitro groups is 1. The molecule has 0 atom stereocenters. The van der Waals surface area contributed by atoms with E-state index in [2.05, 4.69) is 5.32 Å². The maximum absolute atomic E-state index is 10.4. The molecule has 0 radical (unpaired) electrons. The fourth-order valence-electron chi connectivity index (χ4n) is 1.09. The van der Waals surface area contributed by atoms with Crippen LogP contribution in [0.5, 0.6) is 0 Å². The summed E-state index contributed by atoms with van der Waals surface area (Å²) in [5, 5.41) is 23.9. The molecule has 1 aromatic heterocycles. The Morgan fingerprint density at radius 3 is 3.00 bits per heavy atom. The molecule has 0 saturated carbocycles. The Morgan fingerprint density at radius 1 is 1.56 bits per heavy atom. The summed E-state index contributed by atoms with van der Waals surface area (Å²) < 4.78 is 5.05. The second-order valence-electron chi connectivity index (χ2n) is 3.06. The first-order valence-electron chi connectivity index (χ1n) is 4.85. The molecular weight excluding hydrogens is 232 g/mol. The highest BCUT2D eigenvalue weighted by Gasteiger charge is 2.08. The number of nitrogens with one attached hydrogen (secondary N) is 1. The predicted molar refractivity (Wildman–Crippen MR) is 60.6 cm³/mol. The Labute approximate surface area is 97.0 Å². The van der Waals surface area contributed by atoms with E-state index in [1.165, 1.54) is 0 Å². The van der Waals surface area contributed by atoms with Gasteiger partial charge in [-0.3, -0.25) is 10.1 Å². The average Bonchev–Trinajstić information content (AvgIpc) is 2.72. The topological polar surface area (TPSA) is 84.6 Å². The van der Waals surface area contributed by atoms with E-state index in [4.69, 9.17) is 9.84 Å². The van der Waals surface area contributed by atoms with Gasteiger partial charge in [-0.05, 0) is 5.56 Å². The fraction of sp³-hybridized carbons (Fsp3) is 0.556. The van der Waals surface area contributed by atoms with Gasteiger partial charge in [0.05, 0.1) is 24.7 Å². The first kappa shape index (κ1) is 13.0. The van der Waals surface area contributed by atoms with Crippen LogP contribution in [0.4, 0.5) is 5.00 Å². The molecule has 0 aliphatic rings. The molecule has 1 aromatic rings. The molecule has 0 amide bonds. The van der Waals surface area contributed by atoms with Gasteiger partial charge in [-0.1, -0.05) is 11.3 Å². The highest BCUT2D eigenvalue weighted by atomic mass is 32.1. The Hall–Kier alpha value is -1.02. The zero-order chi connectivity index (χ0) is 11.8. The van der Waals surface area contributed by atoms with Crippen molar-refractivity contribution in [3.63, 3.8) is 0 Å². The van der Waals surface area contributed by atoms with Gasteiger partial charge in [0.15, 0.2) is 0 Å². The quantitative estimate of drug-likeness (QED) is 0.402. The third kappa shape index (κ3) is 4.67. The summed E-state index contributed by atoms with van der Waals surface area (Å²) in [6.07, 6.45) is 0. The van der Waals surface area contributed by atoms with Gasteiger partial charge in [0.2, 0.25) is 0 Å². The van der Waals surface area contributed by atoms with Crippen LogP contribution in [-0.4, -0.2) is 36.4 Å². The van der Waals surface area contributed by atoms with E-state index in [-0.39, 0.29) is 11.6 Å². The second-order valence-corrected chi connectivity index (χ2v) is 3.95. The van der Waals surface area contributed by atoms with E-state index in [0.717, 1.165) is 16.9 Å². The van der Waals surface area contributed by atoms with E-state index in [0.29, 0.717) is 26.3 Å². The first-order chi connectivity index (χ1) is 7.74. The Kier molecular flexibility index (Phi) is 5.94. The highest BCUT2D eigenvalue weighted by molar-refractivity contribution is 7.13. The lowest BCUT2D eigenvalue weighted by Crippen LogP contribution is -2.19. The third-order valence-corrected chi connectivity index (χ3v) is 2.74. The second kappa shape index (κ2) is 7.29. The number of rotatable bonds is 8. The SMILES string of the molecule is O=[N+]([O-])c1cc(CNCCOCCO)cs1. The number of aliphatic hydroxyl groups excluding tert-OH is 1. The molecule has 0 aliphatic heterocycles. The lowest BCUT2D eigenvalue weighted by Gasteiger charge is -2.03. The number of aliphatic hydroxyl groups is 1. The largest absolute Gasteiger partial charge is 0.394 e. The van der Waals surface area contributed by atoms with Crippen molar-refractivity contribution in [1.82, 2.24) is 5.32 Å². The molecule has 0 fully saturated rings. The van der Waals surface area contributed by atoms with Crippen LogP contribution in [0.25, 0.3) is 0 Å².